The Morgan fingerprint density at radius 3 is 2.79 bits per heavy atom. The first-order valence-electron chi connectivity index (χ1n) is 10.7. The maximum Gasteiger partial charge on any atom is 0.194 e. The maximum atomic E-state index is 4.89. The van der Waals surface area contributed by atoms with E-state index in [0.717, 1.165) is 57.9 Å². The molecule has 5 nitrogen and oxygen atoms in total. The Hall–Kier alpha value is -2.56. The van der Waals surface area contributed by atoms with E-state index >= 15 is 0 Å². The van der Waals surface area contributed by atoms with Gasteiger partial charge in [-0.3, -0.25) is 4.99 Å². The second kappa shape index (κ2) is 9.09. The van der Waals surface area contributed by atoms with E-state index in [1.54, 1.807) is 0 Å². The van der Waals surface area contributed by atoms with Crippen molar-refractivity contribution in [3.63, 3.8) is 0 Å². The number of imidazole rings is 1. The van der Waals surface area contributed by atoms with E-state index in [-0.39, 0.29) is 0 Å². The van der Waals surface area contributed by atoms with Crippen LogP contribution in [0.4, 0.5) is 0 Å². The SMILES string of the molecule is CCNC(=NCCc1cn2c(n1)CCCC2)N1CC=C(c2ccccc2)CC1. The molecule has 0 saturated heterocycles. The summed E-state index contributed by atoms with van der Waals surface area (Å²) in [5, 5.41) is 3.46. The number of guanidine groups is 1. The van der Waals surface area contributed by atoms with Crippen LogP contribution in [0.1, 0.15) is 43.3 Å². The van der Waals surface area contributed by atoms with E-state index in [0.29, 0.717) is 0 Å². The van der Waals surface area contributed by atoms with Gasteiger partial charge in [-0.1, -0.05) is 36.4 Å². The van der Waals surface area contributed by atoms with Crippen LogP contribution in [-0.2, 0) is 19.4 Å². The number of aryl methyl sites for hydroxylation is 2. The number of fused-ring (bicyclic) bond motifs is 1. The fourth-order valence-corrected chi connectivity index (χ4v) is 4.07. The number of aromatic nitrogens is 2. The Kier molecular flexibility index (Phi) is 6.10. The molecule has 0 fully saturated rings. The molecule has 1 aromatic heterocycles. The number of hydrogen-bond donors (Lipinski definition) is 1. The molecule has 1 aromatic carbocycles. The van der Waals surface area contributed by atoms with Crippen LogP contribution in [-0.4, -0.2) is 46.6 Å². The summed E-state index contributed by atoms with van der Waals surface area (Å²) in [6, 6.07) is 10.7. The van der Waals surface area contributed by atoms with Gasteiger partial charge in [0, 0.05) is 51.8 Å². The van der Waals surface area contributed by atoms with Crippen LogP contribution < -0.4 is 5.32 Å². The van der Waals surface area contributed by atoms with E-state index in [2.05, 4.69) is 64.3 Å². The van der Waals surface area contributed by atoms with Crippen molar-refractivity contribution < 1.29 is 0 Å². The molecule has 0 spiro atoms. The van der Waals surface area contributed by atoms with Crippen LogP contribution >= 0.6 is 0 Å². The minimum atomic E-state index is 0.782. The summed E-state index contributed by atoms with van der Waals surface area (Å²) in [5.41, 5.74) is 3.96. The van der Waals surface area contributed by atoms with Crippen LogP contribution in [0.15, 0.2) is 47.6 Å². The molecule has 1 N–H and O–H groups in total. The van der Waals surface area contributed by atoms with Crippen molar-refractivity contribution in [1.82, 2.24) is 19.8 Å². The zero-order chi connectivity index (χ0) is 19.2. The van der Waals surface area contributed by atoms with E-state index < -0.39 is 0 Å². The van der Waals surface area contributed by atoms with Gasteiger partial charge in [0.25, 0.3) is 0 Å². The molecule has 2 aromatic rings. The zero-order valence-corrected chi connectivity index (χ0v) is 16.9. The summed E-state index contributed by atoms with van der Waals surface area (Å²) in [5.74, 6) is 2.28. The van der Waals surface area contributed by atoms with Crippen molar-refractivity contribution in [1.29, 1.82) is 0 Å². The maximum absolute atomic E-state index is 4.89. The number of aliphatic imine (C=N–C) groups is 1. The quantitative estimate of drug-likeness (QED) is 0.641. The molecular formula is C23H31N5. The summed E-state index contributed by atoms with van der Waals surface area (Å²) in [4.78, 5) is 12.0. The summed E-state index contributed by atoms with van der Waals surface area (Å²) >= 11 is 0. The number of benzene rings is 1. The zero-order valence-electron chi connectivity index (χ0n) is 16.9. The average molecular weight is 378 g/mol. The average Bonchev–Trinajstić information content (AvgIpc) is 3.17. The standard InChI is InChI=1S/C23H31N5/c1-2-24-23(25-14-11-21-18-28-15-7-6-10-22(28)26-21)27-16-12-20(13-17-27)19-8-4-3-5-9-19/h3-5,8-9,12,18H,2,6-7,10-11,13-17H2,1H3,(H,24,25). The Bertz CT molecular complexity index is 810. The largest absolute Gasteiger partial charge is 0.357 e. The molecule has 0 aliphatic carbocycles. The molecular weight excluding hydrogens is 346 g/mol. The van der Waals surface area contributed by atoms with E-state index in [4.69, 9.17) is 9.98 Å². The van der Waals surface area contributed by atoms with Gasteiger partial charge in [0.05, 0.1) is 5.69 Å². The topological polar surface area (TPSA) is 45.5 Å². The van der Waals surface area contributed by atoms with Gasteiger partial charge in [-0.2, -0.15) is 0 Å². The highest BCUT2D eigenvalue weighted by molar-refractivity contribution is 5.81. The fourth-order valence-electron chi connectivity index (χ4n) is 4.07. The van der Waals surface area contributed by atoms with Crippen LogP contribution in [0, 0.1) is 0 Å². The molecule has 2 aliphatic heterocycles. The van der Waals surface area contributed by atoms with Gasteiger partial charge in [-0.15, -0.1) is 0 Å². The molecule has 148 valence electrons. The van der Waals surface area contributed by atoms with Crippen LogP contribution in [0.3, 0.4) is 0 Å². The second-order valence-electron chi connectivity index (χ2n) is 7.58. The predicted octanol–water partition coefficient (Wildman–Crippen LogP) is 3.52. The van der Waals surface area contributed by atoms with E-state index in [1.165, 1.54) is 35.5 Å². The highest BCUT2D eigenvalue weighted by atomic mass is 15.3. The summed E-state index contributed by atoms with van der Waals surface area (Å²) in [7, 11) is 0. The minimum absolute atomic E-state index is 0.782. The van der Waals surface area contributed by atoms with Gasteiger partial charge in [0.2, 0.25) is 0 Å². The fraction of sp³-hybridized carbons (Fsp3) is 0.478. The molecule has 0 unspecified atom stereocenters. The highest BCUT2D eigenvalue weighted by Crippen LogP contribution is 2.22. The minimum Gasteiger partial charge on any atom is -0.357 e. The third kappa shape index (κ3) is 4.46. The smallest absolute Gasteiger partial charge is 0.194 e. The predicted molar refractivity (Wildman–Crippen MR) is 115 cm³/mol. The molecule has 3 heterocycles. The Labute approximate surface area is 168 Å². The normalized spacial score (nSPS) is 17.2. The first-order chi connectivity index (χ1) is 13.8. The molecule has 0 amide bonds. The van der Waals surface area contributed by atoms with Gasteiger partial charge in [-0.05, 0) is 37.3 Å². The van der Waals surface area contributed by atoms with E-state index in [9.17, 15) is 0 Å². The van der Waals surface area contributed by atoms with Gasteiger partial charge in [0.1, 0.15) is 5.82 Å². The van der Waals surface area contributed by atoms with E-state index in [1.807, 2.05) is 0 Å². The molecule has 28 heavy (non-hydrogen) atoms. The molecule has 0 radical (unpaired) electrons. The van der Waals surface area contributed by atoms with Gasteiger partial charge in [-0.25, -0.2) is 4.98 Å². The lowest BCUT2D eigenvalue weighted by atomic mass is 10.00. The number of nitrogens with zero attached hydrogens (tertiary/aromatic N) is 4. The summed E-state index contributed by atoms with van der Waals surface area (Å²) in [6.07, 6.45) is 10.2. The third-order valence-electron chi connectivity index (χ3n) is 5.58. The Morgan fingerprint density at radius 2 is 2.04 bits per heavy atom. The lowest BCUT2D eigenvalue weighted by Gasteiger charge is -2.29. The first-order valence-corrected chi connectivity index (χ1v) is 10.7. The molecule has 5 heteroatoms. The van der Waals surface area contributed by atoms with Crippen molar-refractivity contribution in [2.45, 2.75) is 45.6 Å². The molecule has 0 atom stereocenters. The lowest BCUT2D eigenvalue weighted by molar-refractivity contribution is 0.440. The molecule has 2 aliphatic rings. The number of hydrogen-bond acceptors (Lipinski definition) is 2. The van der Waals surface area contributed by atoms with Crippen LogP contribution in [0.2, 0.25) is 0 Å². The van der Waals surface area contributed by atoms with Crippen molar-refractivity contribution in [3.05, 3.63) is 59.7 Å². The van der Waals surface area contributed by atoms with Gasteiger partial charge < -0.3 is 14.8 Å². The van der Waals surface area contributed by atoms with Crippen molar-refractivity contribution >= 4 is 11.5 Å². The Balaban J connectivity index is 1.37. The first kappa shape index (κ1) is 18.8. The van der Waals surface area contributed by atoms with Gasteiger partial charge >= 0.3 is 0 Å². The molecule has 4 rings (SSSR count). The Morgan fingerprint density at radius 1 is 1.14 bits per heavy atom. The highest BCUT2D eigenvalue weighted by Gasteiger charge is 2.16. The number of nitrogens with one attached hydrogen (secondary N) is 1. The monoisotopic (exact) mass is 377 g/mol. The number of rotatable bonds is 5. The van der Waals surface area contributed by atoms with Crippen molar-refractivity contribution in [2.75, 3.05) is 26.2 Å². The summed E-state index contributed by atoms with van der Waals surface area (Å²) < 4.78 is 2.33. The lowest BCUT2D eigenvalue weighted by Crippen LogP contribution is -2.43. The molecule has 0 saturated carbocycles. The van der Waals surface area contributed by atoms with Gasteiger partial charge in [0.15, 0.2) is 5.96 Å². The molecule has 0 bridgehead atoms. The van der Waals surface area contributed by atoms with Crippen molar-refractivity contribution in [3.8, 4) is 0 Å². The third-order valence-corrected chi connectivity index (χ3v) is 5.58. The second-order valence-corrected chi connectivity index (χ2v) is 7.58. The summed E-state index contributed by atoms with van der Waals surface area (Å²) in [6.45, 7) is 6.85. The van der Waals surface area contributed by atoms with Crippen LogP contribution in [0.5, 0.6) is 0 Å². The van der Waals surface area contributed by atoms with Crippen molar-refractivity contribution in [2.24, 2.45) is 4.99 Å². The van der Waals surface area contributed by atoms with Crippen LogP contribution in [0.25, 0.3) is 5.57 Å².